The molecule has 2 N–H and O–H groups in total. The van der Waals surface area contributed by atoms with E-state index >= 15 is 0 Å². The van der Waals surface area contributed by atoms with Crippen molar-refractivity contribution in [1.82, 2.24) is 0 Å². The van der Waals surface area contributed by atoms with Crippen LogP contribution < -0.4 is 15.0 Å². The first kappa shape index (κ1) is 19.2. The fraction of sp³-hybridized carbons (Fsp3) is 0.0952. The summed E-state index contributed by atoms with van der Waals surface area (Å²) in [7, 11) is 1.40. The molecule has 0 fully saturated rings. The van der Waals surface area contributed by atoms with Crippen molar-refractivity contribution in [2.24, 2.45) is 0 Å². The Morgan fingerprint density at radius 1 is 1.07 bits per heavy atom. The van der Waals surface area contributed by atoms with E-state index in [0.29, 0.717) is 11.3 Å². The van der Waals surface area contributed by atoms with Gasteiger partial charge in [0.05, 0.1) is 19.3 Å². The maximum atomic E-state index is 14.4. The van der Waals surface area contributed by atoms with E-state index in [1.54, 1.807) is 42.5 Å². The number of aromatic hydroxyl groups is 1. The maximum Gasteiger partial charge on any atom is 0.326 e. The lowest BCUT2D eigenvalue weighted by Crippen LogP contribution is -2.35. The van der Waals surface area contributed by atoms with Gasteiger partial charge >= 0.3 is 6.03 Å². The number of para-hydroxylation sites is 1. The largest absolute Gasteiger partial charge is 0.504 e. The summed E-state index contributed by atoms with van der Waals surface area (Å²) in [6.45, 7) is -0.0299. The van der Waals surface area contributed by atoms with Crippen LogP contribution in [0, 0.1) is 11.6 Å². The summed E-state index contributed by atoms with van der Waals surface area (Å²) in [5.74, 6) is -1.44. The smallest absolute Gasteiger partial charge is 0.326 e. The zero-order valence-corrected chi connectivity index (χ0v) is 15.0. The topological polar surface area (TPSA) is 61.8 Å². The molecule has 0 aliphatic rings. The van der Waals surface area contributed by atoms with E-state index in [-0.39, 0.29) is 23.7 Å². The van der Waals surface area contributed by atoms with Gasteiger partial charge in [-0.1, -0.05) is 24.3 Å². The zero-order chi connectivity index (χ0) is 20.1. The number of anilines is 2. The second kappa shape index (κ2) is 8.39. The van der Waals surface area contributed by atoms with Gasteiger partial charge in [0, 0.05) is 11.8 Å². The molecule has 0 unspecified atom stereocenters. The Hall–Kier alpha value is -3.61. The number of phenolic OH excluding ortho intramolecular Hbond substituents is 1. The number of benzene rings is 3. The second-order valence-electron chi connectivity index (χ2n) is 5.98. The highest BCUT2D eigenvalue weighted by molar-refractivity contribution is 6.01. The average Bonchev–Trinajstić information content (AvgIpc) is 2.68. The van der Waals surface area contributed by atoms with E-state index in [9.17, 15) is 18.7 Å². The molecule has 0 heterocycles. The Balaban J connectivity index is 1.95. The Morgan fingerprint density at radius 3 is 2.50 bits per heavy atom. The molecule has 0 saturated heterocycles. The van der Waals surface area contributed by atoms with Gasteiger partial charge < -0.3 is 15.2 Å². The van der Waals surface area contributed by atoms with Crippen molar-refractivity contribution in [2.75, 3.05) is 17.3 Å². The number of carbonyl (C=O) groups is 1. The highest BCUT2D eigenvalue weighted by Crippen LogP contribution is 2.29. The first-order valence-electron chi connectivity index (χ1n) is 8.42. The SMILES string of the molecule is COc1cc(CN(C(=O)Nc2ccccc2)c2ccc(F)cc2F)ccc1O. The van der Waals surface area contributed by atoms with Gasteiger partial charge in [-0.3, -0.25) is 4.90 Å². The number of urea groups is 1. The van der Waals surface area contributed by atoms with Crippen LogP contribution in [-0.2, 0) is 6.54 Å². The molecule has 7 heteroatoms. The summed E-state index contributed by atoms with van der Waals surface area (Å²) in [5, 5.41) is 12.4. The normalized spacial score (nSPS) is 10.4. The fourth-order valence-corrected chi connectivity index (χ4v) is 2.68. The number of hydrogen-bond acceptors (Lipinski definition) is 3. The van der Waals surface area contributed by atoms with Crippen LogP contribution in [0.5, 0.6) is 11.5 Å². The first-order valence-corrected chi connectivity index (χ1v) is 8.42. The van der Waals surface area contributed by atoms with Crippen LogP contribution in [-0.4, -0.2) is 18.2 Å². The quantitative estimate of drug-likeness (QED) is 0.657. The van der Waals surface area contributed by atoms with E-state index in [1.165, 1.54) is 19.2 Å². The number of phenols is 1. The minimum Gasteiger partial charge on any atom is -0.504 e. The molecule has 2 amide bonds. The van der Waals surface area contributed by atoms with Gasteiger partial charge in [0.15, 0.2) is 11.5 Å². The number of hydrogen-bond donors (Lipinski definition) is 2. The number of rotatable bonds is 5. The molecular formula is C21H18F2N2O3. The van der Waals surface area contributed by atoms with Crippen LogP contribution in [0.3, 0.4) is 0 Å². The molecule has 0 atom stereocenters. The van der Waals surface area contributed by atoms with Crippen molar-refractivity contribution in [3.8, 4) is 11.5 Å². The summed E-state index contributed by atoms with van der Waals surface area (Å²) < 4.78 is 32.8. The predicted molar refractivity (Wildman–Crippen MR) is 103 cm³/mol. The monoisotopic (exact) mass is 384 g/mol. The summed E-state index contributed by atoms with van der Waals surface area (Å²) in [5.41, 5.74) is 1.03. The molecule has 0 radical (unpaired) electrons. The van der Waals surface area contributed by atoms with E-state index in [0.717, 1.165) is 17.0 Å². The summed E-state index contributed by atoms with van der Waals surface area (Å²) >= 11 is 0. The molecule has 0 aromatic heterocycles. The zero-order valence-electron chi connectivity index (χ0n) is 15.0. The minimum atomic E-state index is -0.867. The Bertz CT molecular complexity index is 981. The molecule has 0 bridgehead atoms. The Kier molecular flexibility index (Phi) is 5.74. The number of halogens is 2. The van der Waals surface area contributed by atoms with Crippen LogP contribution >= 0.6 is 0 Å². The van der Waals surface area contributed by atoms with Crippen LogP contribution in [0.25, 0.3) is 0 Å². The Morgan fingerprint density at radius 2 is 1.82 bits per heavy atom. The lowest BCUT2D eigenvalue weighted by Gasteiger charge is -2.24. The molecule has 144 valence electrons. The highest BCUT2D eigenvalue weighted by atomic mass is 19.1. The highest BCUT2D eigenvalue weighted by Gasteiger charge is 2.21. The molecule has 5 nitrogen and oxygen atoms in total. The number of carbonyl (C=O) groups excluding carboxylic acids is 1. The standard InChI is InChI=1S/C21H18F2N2O3/c1-28-20-11-14(7-10-19(20)26)13-25(18-9-8-15(22)12-17(18)23)21(27)24-16-5-3-2-4-6-16/h2-12,26H,13H2,1H3,(H,24,27). The van der Waals surface area contributed by atoms with Crippen molar-refractivity contribution < 1.29 is 23.4 Å². The summed E-state index contributed by atoms with van der Waals surface area (Å²) in [4.78, 5) is 14.0. The van der Waals surface area contributed by atoms with Crippen molar-refractivity contribution in [3.05, 3.63) is 83.9 Å². The summed E-state index contributed by atoms with van der Waals surface area (Å²) in [6, 6.07) is 15.7. The van der Waals surface area contributed by atoms with Gasteiger partial charge in [-0.15, -0.1) is 0 Å². The average molecular weight is 384 g/mol. The molecule has 0 spiro atoms. The second-order valence-corrected chi connectivity index (χ2v) is 5.98. The van der Waals surface area contributed by atoms with E-state index in [2.05, 4.69) is 5.32 Å². The molecule has 0 aliphatic heterocycles. The van der Waals surface area contributed by atoms with Crippen molar-refractivity contribution in [2.45, 2.75) is 6.54 Å². The number of amides is 2. The van der Waals surface area contributed by atoms with Crippen molar-refractivity contribution in [3.63, 3.8) is 0 Å². The summed E-state index contributed by atoms with van der Waals surface area (Å²) in [6.07, 6.45) is 0. The van der Waals surface area contributed by atoms with Gasteiger partial charge in [-0.25, -0.2) is 13.6 Å². The van der Waals surface area contributed by atoms with E-state index < -0.39 is 17.7 Å². The number of ether oxygens (including phenoxy) is 1. The molecule has 3 aromatic carbocycles. The molecule has 3 rings (SSSR count). The molecule has 0 aliphatic carbocycles. The molecule has 3 aromatic rings. The van der Waals surface area contributed by atoms with E-state index in [4.69, 9.17) is 4.74 Å². The van der Waals surface area contributed by atoms with Crippen LogP contribution in [0.1, 0.15) is 5.56 Å². The first-order chi connectivity index (χ1) is 13.5. The Labute approximate surface area is 160 Å². The maximum absolute atomic E-state index is 14.4. The van der Waals surface area contributed by atoms with Crippen LogP contribution in [0.4, 0.5) is 25.0 Å². The minimum absolute atomic E-state index is 0.0299. The van der Waals surface area contributed by atoms with Gasteiger partial charge in [0.25, 0.3) is 0 Å². The van der Waals surface area contributed by atoms with Gasteiger partial charge in [0.2, 0.25) is 0 Å². The number of nitrogens with one attached hydrogen (secondary N) is 1. The van der Waals surface area contributed by atoms with Crippen molar-refractivity contribution in [1.29, 1.82) is 0 Å². The molecule has 0 saturated carbocycles. The lowest BCUT2D eigenvalue weighted by atomic mass is 10.1. The van der Waals surface area contributed by atoms with Crippen molar-refractivity contribution >= 4 is 17.4 Å². The third kappa shape index (κ3) is 4.37. The van der Waals surface area contributed by atoms with Gasteiger partial charge in [-0.2, -0.15) is 0 Å². The fourth-order valence-electron chi connectivity index (χ4n) is 2.68. The van der Waals surface area contributed by atoms with E-state index in [1.807, 2.05) is 0 Å². The van der Waals surface area contributed by atoms with Crippen LogP contribution in [0.2, 0.25) is 0 Å². The number of methoxy groups -OCH3 is 1. The predicted octanol–water partition coefficient (Wildman–Crippen LogP) is 4.92. The third-order valence-corrected chi connectivity index (χ3v) is 4.06. The molecular weight excluding hydrogens is 366 g/mol. The molecule has 28 heavy (non-hydrogen) atoms. The van der Waals surface area contributed by atoms with Crippen LogP contribution in [0.15, 0.2) is 66.7 Å². The lowest BCUT2D eigenvalue weighted by molar-refractivity contribution is 0.256. The van der Waals surface area contributed by atoms with Gasteiger partial charge in [0.1, 0.15) is 11.6 Å². The number of nitrogens with zero attached hydrogens (tertiary/aromatic N) is 1. The third-order valence-electron chi connectivity index (χ3n) is 4.06. The van der Waals surface area contributed by atoms with Gasteiger partial charge in [-0.05, 0) is 42.0 Å².